The highest BCUT2D eigenvalue weighted by molar-refractivity contribution is 5.97. The highest BCUT2D eigenvalue weighted by atomic mass is 16.2. The summed E-state index contributed by atoms with van der Waals surface area (Å²) in [5, 5.41) is 8.93. The Morgan fingerprint density at radius 3 is 2.87 bits per heavy atom. The minimum absolute atomic E-state index is 0.0830. The van der Waals surface area contributed by atoms with Crippen LogP contribution in [-0.2, 0) is 4.79 Å². The largest absolute Gasteiger partial charge is 0.338 e. The number of nitrogens with zero attached hydrogens (tertiary/aromatic N) is 2. The molecule has 3 nitrogen and oxygen atoms in total. The first-order valence-corrected chi connectivity index (χ1v) is 5.54. The normalized spacial score (nSPS) is 22.3. The van der Waals surface area contributed by atoms with Crippen LogP contribution in [0.5, 0.6) is 0 Å². The van der Waals surface area contributed by atoms with Crippen LogP contribution in [0.1, 0.15) is 25.7 Å². The molecule has 1 aliphatic carbocycles. The van der Waals surface area contributed by atoms with Crippen LogP contribution in [-0.4, -0.2) is 23.9 Å². The molecule has 2 aliphatic rings. The number of carbonyl (C=O) groups is 1. The number of hydrogen-bond donors (Lipinski definition) is 0. The molecular weight excluding hydrogens is 188 g/mol. The van der Waals surface area contributed by atoms with Crippen LogP contribution in [0.3, 0.4) is 0 Å². The lowest BCUT2D eigenvalue weighted by Gasteiger charge is -2.26. The van der Waals surface area contributed by atoms with Gasteiger partial charge in [0.15, 0.2) is 0 Å². The number of likely N-dealkylation sites (tertiary alicyclic amines) is 1. The average molecular weight is 203 g/mol. The number of carbonyl (C=O) groups excluding carboxylic acids is 1. The molecular formula is C12H15N2O. The van der Waals surface area contributed by atoms with Crippen molar-refractivity contribution in [1.29, 1.82) is 5.26 Å². The monoisotopic (exact) mass is 203 g/mol. The number of rotatable bonds is 2. The van der Waals surface area contributed by atoms with Crippen molar-refractivity contribution in [1.82, 2.24) is 4.90 Å². The van der Waals surface area contributed by atoms with Crippen molar-refractivity contribution in [2.24, 2.45) is 5.92 Å². The Hall–Kier alpha value is -1.30. The Balaban J connectivity index is 2.00. The van der Waals surface area contributed by atoms with Gasteiger partial charge in [0.25, 0.3) is 5.91 Å². The van der Waals surface area contributed by atoms with Crippen LogP contribution in [0.4, 0.5) is 0 Å². The highest BCUT2D eigenvalue weighted by Gasteiger charge is 2.24. The lowest BCUT2D eigenvalue weighted by Crippen LogP contribution is -2.36. The molecule has 0 atom stereocenters. The maximum atomic E-state index is 11.9. The fourth-order valence-corrected chi connectivity index (χ4v) is 1.77. The standard InChI is InChI=1S/C12H15N2O/c13-9-11(8-10-4-5-10)12(15)14-6-2-1-3-7-14/h2,8,10H,1,3-7H2. The Kier molecular flexibility index (Phi) is 3.05. The van der Waals surface area contributed by atoms with Crippen LogP contribution in [0.25, 0.3) is 0 Å². The minimum atomic E-state index is -0.0830. The molecule has 0 aromatic rings. The Bertz CT molecular complexity index is 317. The van der Waals surface area contributed by atoms with Gasteiger partial charge in [0, 0.05) is 13.1 Å². The summed E-state index contributed by atoms with van der Waals surface area (Å²) in [5.41, 5.74) is 0.341. The van der Waals surface area contributed by atoms with E-state index in [0.717, 1.165) is 32.2 Å². The van der Waals surface area contributed by atoms with Gasteiger partial charge in [-0.15, -0.1) is 0 Å². The molecule has 1 aliphatic heterocycles. The number of nitriles is 1. The topological polar surface area (TPSA) is 44.1 Å². The zero-order valence-electron chi connectivity index (χ0n) is 8.78. The fraction of sp³-hybridized carbons (Fsp3) is 0.583. The van der Waals surface area contributed by atoms with Crippen molar-refractivity contribution in [2.75, 3.05) is 13.1 Å². The third kappa shape index (κ3) is 2.59. The molecule has 0 bridgehead atoms. The van der Waals surface area contributed by atoms with Crippen molar-refractivity contribution < 1.29 is 4.79 Å². The molecule has 0 aromatic heterocycles. The first-order valence-electron chi connectivity index (χ1n) is 5.54. The van der Waals surface area contributed by atoms with Crippen molar-refractivity contribution >= 4 is 5.91 Å². The van der Waals surface area contributed by atoms with Gasteiger partial charge in [-0.1, -0.05) is 6.08 Å². The van der Waals surface area contributed by atoms with Crippen LogP contribution in [0.15, 0.2) is 11.6 Å². The molecule has 2 rings (SSSR count). The van der Waals surface area contributed by atoms with Crippen molar-refractivity contribution in [3.63, 3.8) is 0 Å². The van der Waals surface area contributed by atoms with Crippen LogP contribution < -0.4 is 0 Å². The van der Waals surface area contributed by atoms with Gasteiger partial charge in [-0.25, -0.2) is 0 Å². The molecule has 1 amide bonds. The second-order valence-electron chi connectivity index (χ2n) is 4.21. The van der Waals surface area contributed by atoms with Crippen LogP contribution in [0, 0.1) is 23.7 Å². The summed E-state index contributed by atoms with van der Waals surface area (Å²) in [4.78, 5) is 13.7. The molecule has 2 fully saturated rings. The summed E-state index contributed by atoms with van der Waals surface area (Å²) in [5.74, 6) is 0.401. The van der Waals surface area contributed by atoms with Gasteiger partial charge in [-0.2, -0.15) is 5.26 Å². The van der Waals surface area contributed by atoms with Gasteiger partial charge in [-0.05, 0) is 38.0 Å². The predicted molar refractivity (Wildman–Crippen MR) is 56.5 cm³/mol. The zero-order valence-corrected chi connectivity index (χ0v) is 8.78. The molecule has 0 unspecified atom stereocenters. The van der Waals surface area contributed by atoms with Crippen molar-refractivity contribution in [3.8, 4) is 6.07 Å². The Morgan fingerprint density at radius 1 is 1.53 bits per heavy atom. The molecule has 3 heteroatoms. The van der Waals surface area contributed by atoms with E-state index in [-0.39, 0.29) is 5.91 Å². The SMILES string of the molecule is N#CC(=CC1CC1)C(=O)N1C[CH]CCC1. The molecule has 1 saturated heterocycles. The third-order valence-corrected chi connectivity index (χ3v) is 2.85. The molecule has 0 spiro atoms. The van der Waals surface area contributed by atoms with E-state index in [4.69, 9.17) is 5.26 Å². The first kappa shape index (κ1) is 10.2. The first-order chi connectivity index (χ1) is 7.31. The average Bonchev–Trinajstić information content (AvgIpc) is 3.10. The molecule has 0 aromatic carbocycles. The fourth-order valence-electron chi connectivity index (χ4n) is 1.77. The van der Waals surface area contributed by atoms with Gasteiger partial charge in [-0.3, -0.25) is 4.79 Å². The van der Waals surface area contributed by atoms with E-state index in [1.54, 1.807) is 4.90 Å². The zero-order chi connectivity index (χ0) is 10.7. The predicted octanol–water partition coefficient (Wildman–Crippen LogP) is 1.67. The summed E-state index contributed by atoms with van der Waals surface area (Å²) in [6.07, 6.45) is 8.31. The number of amides is 1. The number of allylic oxidation sites excluding steroid dienone is 1. The summed E-state index contributed by atoms with van der Waals surface area (Å²) in [7, 11) is 0. The summed E-state index contributed by atoms with van der Waals surface area (Å²) < 4.78 is 0. The van der Waals surface area contributed by atoms with Crippen molar-refractivity contribution in [3.05, 3.63) is 18.1 Å². The van der Waals surface area contributed by atoms with Crippen LogP contribution >= 0.6 is 0 Å². The van der Waals surface area contributed by atoms with E-state index in [9.17, 15) is 4.79 Å². The molecule has 1 heterocycles. The maximum Gasteiger partial charge on any atom is 0.264 e. The molecule has 15 heavy (non-hydrogen) atoms. The van der Waals surface area contributed by atoms with Gasteiger partial charge < -0.3 is 4.90 Å². The number of piperidine rings is 1. The van der Waals surface area contributed by atoms with E-state index in [2.05, 4.69) is 6.42 Å². The summed E-state index contributed by atoms with van der Waals surface area (Å²) in [6.45, 7) is 1.49. The molecule has 1 saturated carbocycles. The van der Waals surface area contributed by atoms with Crippen molar-refractivity contribution in [2.45, 2.75) is 25.7 Å². The lowest BCUT2D eigenvalue weighted by molar-refractivity contribution is -0.126. The second kappa shape index (κ2) is 4.48. The van der Waals surface area contributed by atoms with Gasteiger partial charge in [0.05, 0.1) is 0 Å². The quantitative estimate of drug-likeness (QED) is 0.506. The summed E-state index contributed by atoms with van der Waals surface area (Å²) >= 11 is 0. The number of hydrogen-bond acceptors (Lipinski definition) is 2. The van der Waals surface area contributed by atoms with Gasteiger partial charge in [0.2, 0.25) is 0 Å². The van der Waals surface area contributed by atoms with E-state index in [1.165, 1.54) is 0 Å². The maximum absolute atomic E-state index is 11.9. The lowest BCUT2D eigenvalue weighted by atomic mass is 10.1. The Labute approximate surface area is 90.4 Å². The van der Waals surface area contributed by atoms with Gasteiger partial charge >= 0.3 is 0 Å². The molecule has 1 radical (unpaired) electrons. The van der Waals surface area contributed by atoms with Gasteiger partial charge in [0.1, 0.15) is 11.6 Å². The van der Waals surface area contributed by atoms with Crippen LogP contribution in [0.2, 0.25) is 0 Å². The van der Waals surface area contributed by atoms with E-state index >= 15 is 0 Å². The second-order valence-corrected chi connectivity index (χ2v) is 4.21. The molecule has 79 valence electrons. The van der Waals surface area contributed by atoms with E-state index in [0.29, 0.717) is 18.0 Å². The van der Waals surface area contributed by atoms with E-state index in [1.807, 2.05) is 12.1 Å². The smallest absolute Gasteiger partial charge is 0.264 e. The molecule has 0 N–H and O–H groups in total. The summed E-state index contributed by atoms with van der Waals surface area (Å²) in [6, 6.07) is 2.03. The van der Waals surface area contributed by atoms with E-state index < -0.39 is 0 Å². The third-order valence-electron chi connectivity index (χ3n) is 2.85. The minimum Gasteiger partial charge on any atom is -0.338 e. The Morgan fingerprint density at radius 2 is 2.33 bits per heavy atom. The highest BCUT2D eigenvalue weighted by Crippen LogP contribution is 2.31.